The first-order valence-corrected chi connectivity index (χ1v) is 7.92. The van der Waals surface area contributed by atoms with E-state index in [0.717, 1.165) is 5.56 Å². The number of halogens is 3. The number of ether oxygens (including phenoxy) is 1. The normalized spacial score (nSPS) is 12.7. The number of alkyl halides is 3. The second-order valence-electron chi connectivity index (χ2n) is 5.90. The molecule has 26 heavy (non-hydrogen) atoms. The van der Waals surface area contributed by atoms with Gasteiger partial charge in [-0.2, -0.15) is 18.3 Å². The fourth-order valence-electron chi connectivity index (χ4n) is 2.42. The van der Waals surface area contributed by atoms with Crippen molar-refractivity contribution in [1.29, 1.82) is 0 Å². The molecule has 0 bridgehead atoms. The first kappa shape index (κ1) is 19.8. The standard InChI is InChI=1S/C17H21F3N4O2/c1-11-4-5-12(14(6-11)26-10-17(18,19)20)7-22-16(25)15(21-2)13-8-23-24(3)9-13/h4-6,8-9,15,21H,7,10H2,1-3H3,(H,22,25). The monoisotopic (exact) mass is 370 g/mol. The smallest absolute Gasteiger partial charge is 0.422 e. The number of benzene rings is 1. The van der Waals surface area contributed by atoms with E-state index in [9.17, 15) is 18.0 Å². The Labute approximate surface area is 149 Å². The number of carbonyl (C=O) groups excluding carboxylic acids is 1. The van der Waals surface area contributed by atoms with E-state index < -0.39 is 18.8 Å². The van der Waals surface area contributed by atoms with E-state index in [1.807, 2.05) is 0 Å². The van der Waals surface area contributed by atoms with Crippen molar-refractivity contribution in [2.24, 2.45) is 7.05 Å². The average molecular weight is 370 g/mol. The highest BCUT2D eigenvalue weighted by molar-refractivity contribution is 5.83. The van der Waals surface area contributed by atoms with Crippen molar-refractivity contribution < 1.29 is 22.7 Å². The quantitative estimate of drug-likeness (QED) is 0.785. The maximum atomic E-state index is 12.4. The molecular weight excluding hydrogens is 349 g/mol. The minimum atomic E-state index is -4.43. The summed E-state index contributed by atoms with van der Waals surface area (Å²) in [6.07, 6.45) is -1.14. The molecule has 1 amide bonds. The second kappa shape index (κ2) is 8.22. The number of nitrogens with zero attached hydrogens (tertiary/aromatic N) is 2. The molecule has 2 aromatic rings. The van der Waals surface area contributed by atoms with Gasteiger partial charge in [0.1, 0.15) is 11.8 Å². The molecule has 2 rings (SSSR count). The molecule has 0 aliphatic rings. The Kier molecular flexibility index (Phi) is 6.25. The lowest BCUT2D eigenvalue weighted by molar-refractivity contribution is -0.153. The summed E-state index contributed by atoms with van der Waals surface area (Å²) in [5.41, 5.74) is 1.92. The molecular formula is C17H21F3N4O2. The van der Waals surface area contributed by atoms with Crippen molar-refractivity contribution in [2.75, 3.05) is 13.7 Å². The van der Waals surface area contributed by atoms with E-state index in [1.165, 1.54) is 6.07 Å². The highest BCUT2D eigenvalue weighted by atomic mass is 19.4. The van der Waals surface area contributed by atoms with Crippen molar-refractivity contribution >= 4 is 5.91 Å². The molecule has 0 saturated heterocycles. The van der Waals surface area contributed by atoms with E-state index in [-0.39, 0.29) is 18.2 Å². The van der Waals surface area contributed by atoms with Gasteiger partial charge in [-0.25, -0.2) is 0 Å². The topological polar surface area (TPSA) is 68.2 Å². The number of rotatable bonds is 7. The predicted octanol–water partition coefficient (Wildman–Crippen LogP) is 2.25. The lowest BCUT2D eigenvalue weighted by Crippen LogP contribution is -2.35. The Morgan fingerprint density at radius 1 is 1.38 bits per heavy atom. The Bertz CT molecular complexity index is 759. The first-order valence-electron chi connectivity index (χ1n) is 7.92. The minimum absolute atomic E-state index is 0.0464. The number of carbonyl (C=O) groups is 1. The summed E-state index contributed by atoms with van der Waals surface area (Å²) in [5, 5.41) is 9.63. The molecule has 1 heterocycles. The maximum Gasteiger partial charge on any atom is 0.422 e. The van der Waals surface area contributed by atoms with Crippen molar-refractivity contribution in [3.8, 4) is 5.75 Å². The summed E-state index contributed by atoms with van der Waals surface area (Å²) in [7, 11) is 3.38. The van der Waals surface area contributed by atoms with Crippen LogP contribution < -0.4 is 15.4 Å². The molecule has 1 atom stereocenters. The molecule has 0 aliphatic heterocycles. The molecule has 1 aromatic carbocycles. The van der Waals surface area contributed by atoms with Gasteiger partial charge in [-0.1, -0.05) is 12.1 Å². The number of amides is 1. The van der Waals surface area contributed by atoms with Gasteiger partial charge in [-0.15, -0.1) is 0 Å². The molecule has 0 radical (unpaired) electrons. The molecule has 0 aliphatic carbocycles. The Morgan fingerprint density at radius 3 is 2.69 bits per heavy atom. The van der Waals surface area contributed by atoms with Crippen LogP contribution in [0.5, 0.6) is 5.75 Å². The van der Waals surface area contributed by atoms with Crippen LogP contribution in [0.4, 0.5) is 13.2 Å². The number of likely N-dealkylation sites (N-methyl/N-ethyl adjacent to an activating group) is 1. The van der Waals surface area contributed by atoms with Crippen LogP contribution in [-0.4, -0.2) is 35.5 Å². The zero-order chi connectivity index (χ0) is 19.3. The lowest BCUT2D eigenvalue weighted by Gasteiger charge is -2.17. The summed E-state index contributed by atoms with van der Waals surface area (Å²) >= 11 is 0. The summed E-state index contributed by atoms with van der Waals surface area (Å²) in [6, 6.07) is 4.29. The molecule has 9 heteroatoms. The van der Waals surface area contributed by atoms with Crippen LogP contribution in [0.1, 0.15) is 22.7 Å². The Balaban J connectivity index is 2.07. The summed E-state index contributed by atoms with van der Waals surface area (Å²) in [4.78, 5) is 12.4. The van der Waals surface area contributed by atoms with E-state index >= 15 is 0 Å². The van der Waals surface area contributed by atoms with Gasteiger partial charge < -0.3 is 15.4 Å². The van der Waals surface area contributed by atoms with Crippen LogP contribution in [0.2, 0.25) is 0 Å². The highest BCUT2D eigenvalue weighted by Crippen LogP contribution is 2.24. The van der Waals surface area contributed by atoms with E-state index in [1.54, 1.807) is 50.2 Å². The van der Waals surface area contributed by atoms with Gasteiger partial charge in [-0.05, 0) is 25.6 Å². The van der Waals surface area contributed by atoms with Crippen molar-refractivity contribution in [2.45, 2.75) is 25.7 Å². The van der Waals surface area contributed by atoms with E-state index in [4.69, 9.17) is 4.74 Å². The van der Waals surface area contributed by atoms with Gasteiger partial charge >= 0.3 is 6.18 Å². The zero-order valence-electron chi connectivity index (χ0n) is 14.7. The van der Waals surface area contributed by atoms with Crippen molar-refractivity contribution in [3.63, 3.8) is 0 Å². The minimum Gasteiger partial charge on any atom is -0.484 e. The molecule has 1 aromatic heterocycles. The SMILES string of the molecule is CNC(C(=O)NCc1ccc(C)cc1OCC(F)(F)F)c1cnn(C)c1. The first-order chi connectivity index (χ1) is 12.2. The number of hydrogen-bond acceptors (Lipinski definition) is 4. The fraction of sp³-hybridized carbons (Fsp3) is 0.412. The third kappa shape index (κ3) is 5.48. The van der Waals surface area contributed by atoms with Gasteiger partial charge in [0.2, 0.25) is 5.91 Å². The van der Waals surface area contributed by atoms with Crippen LogP contribution in [-0.2, 0) is 18.4 Å². The number of aromatic nitrogens is 2. The number of aryl methyl sites for hydroxylation is 2. The highest BCUT2D eigenvalue weighted by Gasteiger charge is 2.29. The predicted molar refractivity (Wildman–Crippen MR) is 89.6 cm³/mol. The number of hydrogen-bond donors (Lipinski definition) is 2. The number of nitrogens with one attached hydrogen (secondary N) is 2. The molecule has 0 fully saturated rings. The second-order valence-corrected chi connectivity index (χ2v) is 5.90. The summed E-state index contributed by atoms with van der Waals surface area (Å²) in [5.74, 6) is -0.215. The Morgan fingerprint density at radius 2 is 2.12 bits per heavy atom. The summed E-state index contributed by atoms with van der Waals surface area (Å²) in [6.45, 7) is 0.416. The van der Waals surface area contributed by atoms with Crippen molar-refractivity contribution in [3.05, 3.63) is 47.3 Å². The molecule has 0 saturated carbocycles. The lowest BCUT2D eigenvalue weighted by atomic mass is 10.1. The van der Waals surface area contributed by atoms with E-state index in [0.29, 0.717) is 11.1 Å². The van der Waals surface area contributed by atoms with Gasteiger partial charge in [0.15, 0.2) is 6.61 Å². The van der Waals surface area contributed by atoms with Crippen LogP contribution >= 0.6 is 0 Å². The zero-order valence-corrected chi connectivity index (χ0v) is 14.7. The molecule has 1 unspecified atom stereocenters. The molecule has 2 N–H and O–H groups in total. The molecule has 6 nitrogen and oxygen atoms in total. The third-order valence-electron chi connectivity index (χ3n) is 3.68. The molecule has 0 spiro atoms. The van der Waals surface area contributed by atoms with Gasteiger partial charge in [0.25, 0.3) is 0 Å². The van der Waals surface area contributed by atoms with Gasteiger partial charge in [0, 0.05) is 30.9 Å². The van der Waals surface area contributed by atoms with E-state index in [2.05, 4.69) is 15.7 Å². The fourth-order valence-corrected chi connectivity index (χ4v) is 2.42. The average Bonchev–Trinajstić information content (AvgIpc) is 2.98. The molecule has 142 valence electrons. The summed E-state index contributed by atoms with van der Waals surface area (Å²) < 4.78 is 43.7. The Hall–Kier alpha value is -2.55. The van der Waals surface area contributed by atoms with Crippen LogP contribution in [0.15, 0.2) is 30.6 Å². The van der Waals surface area contributed by atoms with Crippen LogP contribution in [0.25, 0.3) is 0 Å². The largest absolute Gasteiger partial charge is 0.484 e. The third-order valence-corrected chi connectivity index (χ3v) is 3.68. The maximum absolute atomic E-state index is 12.4. The van der Waals surface area contributed by atoms with Gasteiger partial charge in [-0.3, -0.25) is 9.48 Å². The van der Waals surface area contributed by atoms with Gasteiger partial charge in [0.05, 0.1) is 6.20 Å². The van der Waals surface area contributed by atoms with Crippen LogP contribution in [0.3, 0.4) is 0 Å². The van der Waals surface area contributed by atoms with Crippen molar-refractivity contribution in [1.82, 2.24) is 20.4 Å². The van der Waals surface area contributed by atoms with Crippen LogP contribution in [0, 0.1) is 6.92 Å².